The Morgan fingerprint density at radius 1 is 1.29 bits per heavy atom. The van der Waals surface area contributed by atoms with Crippen molar-refractivity contribution in [1.82, 2.24) is 9.88 Å². The smallest absolute Gasteiger partial charge is 0.322 e. The van der Waals surface area contributed by atoms with Crippen molar-refractivity contribution in [2.75, 3.05) is 20.3 Å². The molecule has 1 amide bonds. The summed E-state index contributed by atoms with van der Waals surface area (Å²) >= 11 is 0. The Hall–Kier alpha value is -3.33. The van der Waals surface area contributed by atoms with Crippen molar-refractivity contribution in [1.29, 1.82) is 0 Å². The van der Waals surface area contributed by atoms with Gasteiger partial charge in [0.25, 0.3) is 11.5 Å². The molecule has 28 heavy (non-hydrogen) atoms. The molecule has 1 aliphatic heterocycles. The van der Waals surface area contributed by atoms with Crippen molar-refractivity contribution in [2.24, 2.45) is 0 Å². The van der Waals surface area contributed by atoms with E-state index in [1.54, 1.807) is 31.4 Å². The number of carbonyl (C=O) groups is 2. The molecular weight excluding hydrogens is 368 g/mol. The van der Waals surface area contributed by atoms with Crippen LogP contribution in [0.4, 0.5) is 0 Å². The van der Waals surface area contributed by atoms with Crippen molar-refractivity contribution < 1.29 is 29.3 Å². The second-order valence-electron chi connectivity index (χ2n) is 6.27. The number of pyridine rings is 1. The highest BCUT2D eigenvalue weighted by atomic mass is 16.5. The monoisotopic (exact) mass is 388 g/mol. The van der Waals surface area contributed by atoms with Crippen molar-refractivity contribution in [2.45, 2.75) is 19.6 Å². The van der Waals surface area contributed by atoms with E-state index in [0.29, 0.717) is 30.0 Å². The van der Waals surface area contributed by atoms with Gasteiger partial charge in [0.2, 0.25) is 0 Å². The summed E-state index contributed by atoms with van der Waals surface area (Å²) in [6.07, 6.45) is 0.337. The number of hydrogen-bond donors (Lipinski definition) is 3. The fourth-order valence-electron chi connectivity index (χ4n) is 3.11. The summed E-state index contributed by atoms with van der Waals surface area (Å²) in [5, 5.41) is 21.4. The van der Waals surface area contributed by atoms with Crippen molar-refractivity contribution in [3.8, 4) is 11.5 Å². The number of nitrogens with one attached hydrogen (secondary N) is 1. The number of ether oxygens (including phenoxy) is 2. The van der Waals surface area contributed by atoms with Crippen LogP contribution in [0.15, 0.2) is 29.1 Å². The molecule has 9 heteroatoms. The summed E-state index contributed by atoms with van der Waals surface area (Å²) in [6.45, 7) is -0.0206. The van der Waals surface area contributed by atoms with Crippen LogP contribution < -0.4 is 15.6 Å². The Morgan fingerprint density at radius 3 is 2.64 bits per heavy atom. The number of carboxylic acids is 1. The van der Waals surface area contributed by atoms with Crippen LogP contribution in [0.1, 0.15) is 27.2 Å². The fourth-order valence-corrected chi connectivity index (χ4v) is 3.11. The van der Waals surface area contributed by atoms with E-state index in [0.717, 1.165) is 5.56 Å². The number of aliphatic carboxylic acids is 1. The van der Waals surface area contributed by atoms with Gasteiger partial charge < -0.3 is 29.6 Å². The van der Waals surface area contributed by atoms with Crippen LogP contribution in [0.2, 0.25) is 0 Å². The molecule has 9 nitrogen and oxygen atoms in total. The molecule has 3 N–H and O–H groups in total. The van der Waals surface area contributed by atoms with E-state index in [4.69, 9.17) is 14.6 Å². The third-order valence-corrected chi connectivity index (χ3v) is 4.52. The lowest BCUT2D eigenvalue weighted by molar-refractivity contribution is -0.135. The minimum Gasteiger partial charge on any atom is -0.507 e. The SMILES string of the molecule is COc1ccc(Cn2c3c(c(O)c(C(=O)NCC(=O)O)c2=O)CCOC3)cc1. The van der Waals surface area contributed by atoms with Gasteiger partial charge in [-0.05, 0) is 17.7 Å². The number of hydrogen-bond acceptors (Lipinski definition) is 6. The number of aromatic nitrogens is 1. The van der Waals surface area contributed by atoms with Crippen LogP contribution >= 0.6 is 0 Å². The standard InChI is InChI=1S/C19H20N2O7/c1-27-12-4-2-11(3-5-12)9-21-14-10-28-7-6-13(14)17(24)16(19(21)26)18(25)20-8-15(22)23/h2-5,24H,6-10H2,1H3,(H,20,25)(H,22,23). The Balaban J connectivity index is 2.06. The largest absolute Gasteiger partial charge is 0.507 e. The molecule has 3 rings (SSSR count). The van der Waals surface area contributed by atoms with Gasteiger partial charge >= 0.3 is 5.97 Å². The molecule has 2 aromatic rings. The van der Waals surface area contributed by atoms with Crippen molar-refractivity contribution in [3.05, 3.63) is 57.0 Å². The topological polar surface area (TPSA) is 127 Å². The van der Waals surface area contributed by atoms with Crippen LogP contribution in [-0.4, -0.2) is 46.9 Å². The zero-order valence-electron chi connectivity index (χ0n) is 15.2. The predicted octanol–water partition coefficient (Wildman–Crippen LogP) is 0.498. The molecule has 0 spiro atoms. The Labute approximate surface area is 160 Å². The van der Waals surface area contributed by atoms with Gasteiger partial charge in [-0.1, -0.05) is 12.1 Å². The fraction of sp³-hybridized carbons (Fsp3) is 0.316. The summed E-state index contributed by atoms with van der Waals surface area (Å²) in [7, 11) is 1.55. The van der Waals surface area contributed by atoms with E-state index in [9.17, 15) is 19.5 Å². The van der Waals surface area contributed by atoms with E-state index in [-0.39, 0.29) is 13.2 Å². The molecule has 148 valence electrons. The summed E-state index contributed by atoms with van der Waals surface area (Å²) in [4.78, 5) is 36.1. The van der Waals surface area contributed by atoms with Gasteiger partial charge in [0.05, 0.1) is 32.6 Å². The number of fused-ring (bicyclic) bond motifs is 1. The van der Waals surface area contributed by atoms with Gasteiger partial charge in [-0.15, -0.1) is 0 Å². The van der Waals surface area contributed by atoms with Gasteiger partial charge in [0.1, 0.15) is 23.6 Å². The zero-order valence-corrected chi connectivity index (χ0v) is 15.2. The number of nitrogens with zero attached hydrogens (tertiary/aromatic N) is 1. The molecule has 0 aliphatic carbocycles. The first-order valence-corrected chi connectivity index (χ1v) is 8.60. The van der Waals surface area contributed by atoms with E-state index in [1.165, 1.54) is 4.57 Å². The van der Waals surface area contributed by atoms with Crippen molar-refractivity contribution >= 4 is 11.9 Å². The average Bonchev–Trinajstić information content (AvgIpc) is 2.70. The maximum absolute atomic E-state index is 13.0. The third kappa shape index (κ3) is 3.84. The first-order chi connectivity index (χ1) is 13.4. The van der Waals surface area contributed by atoms with Crippen LogP contribution in [-0.2, 0) is 29.1 Å². The highest BCUT2D eigenvalue weighted by Crippen LogP contribution is 2.28. The summed E-state index contributed by atoms with van der Waals surface area (Å²) in [5.41, 5.74) is 0.577. The summed E-state index contributed by atoms with van der Waals surface area (Å²) in [5.74, 6) is -1.93. The van der Waals surface area contributed by atoms with Crippen LogP contribution in [0.5, 0.6) is 11.5 Å². The van der Waals surface area contributed by atoms with E-state index < -0.39 is 35.3 Å². The number of rotatable bonds is 6. The Bertz CT molecular complexity index is 964. The van der Waals surface area contributed by atoms with Gasteiger partial charge in [-0.25, -0.2) is 0 Å². The molecule has 0 bridgehead atoms. The number of benzene rings is 1. The molecular formula is C19H20N2O7. The lowest BCUT2D eigenvalue weighted by Gasteiger charge is -2.24. The first-order valence-electron chi connectivity index (χ1n) is 8.60. The molecule has 0 fully saturated rings. The quantitative estimate of drug-likeness (QED) is 0.657. The highest BCUT2D eigenvalue weighted by Gasteiger charge is 2.27. The van der Waals surface area contributed by atoms with Gasteiger partial charge in [0.15, 0.2) is 0 Å². The number of methoxy groups -OCH3 is 1. The first kappa shape index (κ1) is 19.4. The van der Waals surface area contributed by atoms with Gasteiger partial charge in [-0.2, -0.15) is 0 Å². The van der Waals surface area contributed by atoms with Crippen LogP contribution in [0.25, 0.3) is 0 Å². The second kappa shape index (κ2) is 8.13. The van der Waals surface area contributed by atoms with Gasteiger partial charge in [-0.3, -0.25) is 14.4 Å². The average molecular weight is 388 g/mol. The van der Waals surface area contributed by atoms with Crippen LogP contribution in [0, 0.1) is 0 Å². The number of aromatic hydroxyl groups is 1. The molecule has 0 unspecified atom stereocenters. The number of carbonyl (C=O) groups excluding carboxylic acids is 1. The minimum atomic E-state index is -1.25. The normalized spacial score (nSPS) is 12.9. The summed E-state index contributed by atoms with van der Waals surface area (Å²) in [6, 6.07) is 7.09. The molecule has 0 saturated carbocycles. The Morgan fingerprint density at radius 2 is 2.00 bits per heavy atom. The van der Waals surface area contributed by atoms with Gasteiger partial charge in [0, 0.05) is 12.0 Å². The van der Waals surface area contributed by atoms with E-state index in [1.807, 2.05) is 0 Å². The van der Waals surface area contributed by atoms with E-state index >= 15 is 0 Å². The molecule has 0 saturated heterocycles. The molecule has 1 aromatic carbocycles. The maximum Gasteiger partial charge on any atom is 0.322 e. The zero-order chi connectivity index (χ0) is 20.3. The number of carboxylic acid groups (broad SMARTS) is 1. The lowest BCUT2D eigenvalue weighted by Crippen LogP contribution is -2.38. The molecule has 1 aromatic heterocycles. The second-order valence-corrected chi connectivity index (χ2v) is 6.27. The summed E-state index contributed by atoms with van der Waals surface area (Å²) < 4.78 is 11.9. The third-order valence-electron chi connectivity index (χ3n) is 4.52. The molecule has 1 aliphatic rings. The molecule has 0 atom stereocenters. The maximum atomic E-state index is 13.0. The van der Waals surface area contributed by atoms with Crippen LogP contribution in [0.3, 0.4) is 0 Å². The molecule has 2 heterocycles. The highest BCUT2D eigenvalue weighted by molar-refractivity contribution is 5.98. The van der Waals surface area contributed by atoms with Crippen molar-refractivity contribution in [3.63, 3.8) is 0 Å². The predicted molar refractivity (Wildman–Crippen MR) is 97.8 cm³/mol. The number of amides is 1. The Kier molecular flexibility index (Phi) is 5.65. The lowest BCUT2D eigenvalue weighted by atomic mass is 10.0. The van der Waals surface area contributed by atoms with E-state index in [2.05, 4.69) is 5.32 Å². The minimum absolute atomic E-state index is 0.130. The molecule has 0 radical (unpaired) electrons.